The normalized spacial score (nSPS) is 15.1. The molecule has 156 valence electrons. The number of carbonyl (C=O) groups is 1. The SMILES string of the molecule is O=C(NCCN(c1ccc(F)cc1)S(=O)(=O)c1ccc(Cl)cc1)C1CCCCC1. The molecular formula is C21H24ClFN2O3S. The van der Waals surface area contributed by atoms with Crippen LogP contribution < -0.4 is 9.62 Å². The second kappa shape index (κ2) is 9.59. The standard InChI is InChI=1S/C21H24ClFN2O3S/c22-17-6-12-20(13-7-17)29(27,28)25(19-10-8-18(23)9-11-19)15-14-24-21(26)16-4-2-1-3-5-16/h6-13,16H,1-5,14-15H2,(H,24,26). The zero-order chi connectivity index (χ0) is 20.9. The average molecular weight is 439 g/mol. The lowest BCUT2D eigenvalue weighted by atomic mass is 9.89. The van der Waals surface area contributed by atoms with E-state index in [1.54, 1.807) is 0 Å². The molecule has 0 aliphatic heterocycles. The Morgan fingerprint density at radius 1 is 1.03 bits per heavy atom. The summed E-state index contributed by atoms with van der Waals surface area (Å²) < 4.78 is 40.9. The molecule has 0 atom stereocenters. The van der Waals surface area contributed by atoms with Crippen molar-refractivity contribution in [2.45, 2.75) is 37.0 Å². The van der Waals surface area contributed by atoms with Crippen LogP contribution in [0.15, 0.2) is 53.4 Å². The minimum atomic E-state index is -3.91. The lowest BCUT2D eigenvalue weighted by Gasteiger charge is -2.26. The molecule has 0 bridgehead atoms. The van der Waals surface area contributed by atoms with E-state index in [1.165, 1.54) is 52.8 Å². The number of hydrogen-bond acceptors (Lipinski definition) is 3. The number of carbonyl (C=O) groups excluding carboxylic acids is 1. The lowest BCUT2D eigenvalue weighted by Crippen LogP contribution is -2.40. The van der Waals surface area contributed by atoms with E-state index in [-0.39, 0.29) is 29.8 Å². The zero-order valence-corrected chi connectivity index (χ0v) is 17.6. The van der Waals surface area contributed by atoms with Crippen molar-refractivity contribution in [3.05, 3.63) is 59.4 Å². The monoisotopic (exact) mass is 438 g/mol. The number of amides is 1. The minimum absolute atomic E-state index is 0.00380. The van der Waals surface area contributed by atoms with Gasteiger partial charge in [0.2, 0.25) is 5.91 Å². The fraction of sp³-hybridized carbons (Fsp3) is 0.381. The van der Waals surface area contributed by atoms with Crippen molar-refractivity contribution in [1.29, 1.82) is 0 Å². The van der Waals surface area contributed by atoms with Crippen LogP contribution in [0.3, 0.4) is 0 Å². The number of hydrogen-bond donors (Lipinski definition) is 1. The van der Waals surface area contributed by atoms with Gasteiger partial charge in [-0.2, -0.15) is 0 Å². The highest BCUT2D eigenvalue weighted by atomic mass is 35.5. The van der Waals surface area contributed by atoms with Crippen molar-refractivity contribution >= 4 is 33.2 Å². The maximum atomic E-state index is 13.3. The van der Waals surface area contributed by atoms with Gasteiger partial charge in [0, 0.05) is 17.5 Å². The molecule has 2 aromatic carbocycles. The fourth-order valence-electron chi connectivity index (χ4n) is 3.52. The number of anilines is 1. The molecule has 3 rings (SSSR count). The smallest absolute Gasteiger partial charge is 0.264 e. The molecule has 0 radical (unpaired) electrons. The lowest BCUT2D eigenvalue weighted by molar-refractivity contribution is -0.125. The van der Waals surface area contributed by atoms with Crippen molar-refractivity contribution in [3.8, 4) is 0 Å². The maximum absolute atomic E-state index is 13.3. The van der Waals surface area contributed by atoms with Crippen LogP contribution in [0.25, 0.3) is 0 Å². The van der Waals surface area contributed by atoms with E-state index in [0.29, 0.717) is 10.7 Å². The van der Waals surface area contributed by atoms with Gasteiger partial charge in [0.1, 0.15) is 5.82 Å². The Labute approximate surface area is 175 Å². The molecule has 0 unspecified atom stereocenters. The number of sulfonamides is 1. The summed E-state index contributed by atoms with van der Waals surface area (Å²) in [6.07, 6.45) is 4.99. The van der Waals surface area contributed by atoms with Gasteiger partial charge in [-0.25, -0.2) is 12.8 Å². The summed E-state index contributed by atoms with van der Waals surface area (Å²) in [5, 5.41) is 3.28. The Kier molecular flexibility index (Phi) is 7.14. The first-order chi connectivity index (χ1) is 13.9. The quantitative estimate of drug-likeness (QED) is 0.698. The van der Waals surface area contributed by atoms with Crippen molar-refractivity contribution in [1.82, 2.24) is 5.32 Å². The molecule has 5 nitrogen and oxygen atoms in total. The second-order valence-electron chi connectivity index (χ2n) is 7.13. The molecule has 1 N–H and O–H groups in total. The van der Waals surface area contributed by atoms with E-state index < -0.39 is 15.8 Å². The fourth-order valence-corrected chi connectivity index (χ4v) is 5.11. The summed E-state index contributed by atoms with van der Waals surface area (Å²) in [5.41, 5.74) is 0.327. The van der Waals surface area contributed by atoms with Crippen LogP contribution in [0.5, 0.6) is 0 Å². The molecule has 1 aliphatic carbocycles. The summed E-state index contributed by atoms with van der Waals surface area (Å²) in [6, 6.07) is 11.1. The molecule has 0 saturated heterocycles. The van der Waals surface area contributed by atoms with E-state index in [9.17, 15) is 17.6 Å². The molecular weight excluding hydrogens is 415 g/mol. The molecule has 0 heterocycles. The van der Waals surface area contributed by atoms with Gasteiger partial charge in [0.05, 0.1) is 17.1 Å². The first-order valence-corrected chi connectivity index (χ1v) is 11.5. The third kappa shape index (κ3) is 5.48. The van der Waals surface area contributed by atoms with E-state index in [0.717, 1.165) is 32.1 Å². The Hall–Kier alpha value is -2.12. The van der Waals surface area contributed by atoms with Gasteiger partial charge in [-0.1, -0.05) is 30.9 Å². The average Bonchev–Trinajstić information content (AvgIpc) is 2.73. The van der Waals surface area contributed by atoms with Gasteiger partial charge in [0.15, 0.2) is 0 Å². The highest BCUT2D eigenvalue weighted by molar-refractivity contribution is 7.92. The highest BCUT2D eigenvalue weighted by Gasteiger charge is 2.26. The van der Waals surface area contributed by atoms with Crippen LogP contribution in [0.2, 0.25) is 5.02 Å². The first kappa shape index (κ1) is 21.6. The first-order valence-electron chi connectivity index (χ1n) is 9.69. The van der Waals surface area contributed by atoms with Crippen LogP contribution in [0.4, 0.5) is 10.1 Å². The molecule has 1 amide bonds. The topological polar surface area (TPSA) is 66.5 Å². The van der Waals surface area contributed by atoms with Crippen molar-refractivity contribution < 1.29 is 17.6 Å². The summed E-state index contributed by atoms with van der Waals surface area (Å²) >= 11 is 5.87. The Bertz CT molecular complexity index is 927. The van der Waals surface area contributed by atoms with Gasteiger partial charge in [-0.15, -0.1) is 0 Å². The number of benzene rings is 2. The number of rotatable bonds is 7. The van der Waals surface area contributed by atoms with Crippen molar-refractivity contribution in [3.63, 3.8) is 0 Å². The molecule has 29 heavy (non-hydrogen) atoms. The summed E-state index contributed by atoms with van der Waals surface area (Å²) in [5.74, 6) is -0.494. The van der Waals surface area contributed by atoms with Crippen LogP contribution in [-0.4, -0.2) is 27.4 Å². The van der Waals surface area contributed by atoms with E-state index in [4.69, 9.17) is 11.6 Å². The van der Waals surface area contributed by atoms with E-state index in [2.05, 4.69) is 5.32 Å². The molecule has 1 fully saturated rings. The second-order valence-corrected chi connectivity index (χ2v) is 9.43. The molecule has 8 heteroatoms. The van der Waals surface area contributed by atoms with Crippen molar-refractivity contribution in [2.24, 2.45) is 5.92 Å². The Balaban J connectivity index is 1.77. The van der Waals surface area contributed by atoms with Gasteiger partial charge in [-0.3, -0.25) is 9.10 Å². The number of halogens is 2. The van der Waals surface area contributed by atoms with E-state index in [1.807, 2.05) is 0 Å². The minimum Gasteiger partial charge on any atom is -0.354 e. The third-order valence-corrected chi connectivity index (χ3v) is 7.20. The third-order valence-electron chi connectivity index (χ3n) is 5.11. The Morgan fingerprint density at radius 3 is 2.28 bits per heavy atom. The largest absolute Gasteiger partial charge is 0.354 e. The molecule has 1 aliphatic rings. The number of nitrogens with zero attached hydrogens (tertiary/aromatic N) is 1. The molecule has 0 spiro atoms. The molecule has 1 saturated carbocycles. The predicted octanol–water partition coefficient (Wildman–Crippen LogP) is 4.37. The highest BCUT2D eigenvalue weighted by Crippen LogP contribution is 2.25. The van der Waals surface area contributed by atoms with Crippen LogP contribution >= 0.6 is 11.6 Å². The molecule has 0 aromatic heterocycles. The van der Waals surface area contributed by atoms with Gasteiger partial charge >= 0.3 is 0 Å². The van der Waals surface area contributed by atoms with Gasteiger partial charge in [-0.05, 0) is 61.4 Å². The summed E-state index contributed by atoms with van der Waals surface area (Å²) in [4.78, 5) is 12.4. The maximum Gasteiger partial charge on any atom is 0.264 e. The summed E-state index contributed by atoms with van der Waals surface area (Å²) in [7, 11) is -3.91. The number of nitrogens with one attached hydrogen (secondary N) is 1. The van der Waals surface area contributed by atoms with E-state index >= 15 is 0 Å². The van der Waals surface area contributed by atoms with Gasteiger partial charge < -0.3 is 5.32 Å². The molecule has 2 aromatic rings. The van der Waals surface area contributed by atoms with Crippen LogP contribution in [0, 0.1) is 11.7 Å². The van der Waals surface area contributed by atoms with Crippen LogP contribution in [-0.2, 0) is 14.8 Å². The van der Waals surface area contributed by atoms with Gasteiger partial charge in [0.25, 0.3) is 10.0 Å². The van der Waals surface area contributed by atoms with Crippen molar-refractivity contribution in [2.75, 3.05) is 17.4 Å². The Morgan fingerprint density at radius 2 is 1.66 bits per heavy atom. The van der Waals surface area contributed by atoms with Crippen LogP contribution in [0.1, 0.15) is 32.1 Å². The predicted molar refractivity (Wildman–Crippen MR) is 112 cm³/mol. The summed E-state index contributed by atoms with van der Waals surface area (Å²) in [6.45, 7) is 0.203. The zero-order valence-electron chi connectivity index (χ0n) is 16.0.